The van der Waals surface area contributed by atoms with Crippen LogP contribution < -0.4 is 0 Å². The quantitative estimate of drug-likeness (QED) is 0.176. The summed E-state index contributed by atoms with van der Waals surface area (Å²) in [5.74, 6) is -2.27. The third-order valence-electron chi connectivity index (χ3n) is 3.89. The molecule has 1 aromatic rings. The molecule has 0 aromatic heterocycles. The van der Waals surface area contributed by atoms with Crippen molar-refractivity contribution >= 4 is 11.8 Å². The topological polar surface area (TPSA) is 65.1 Å². The van der Waals surface area contributed by atoms with Crippen molar-refractivity contribution in [3.8, 4) is 0 Å². The number of hydrogen-bond donors (Lipinski definition) is 0. The standard InChI is InChI=1S/C19H24FNO5/c1-3-24-13-16(19(23)26-4-2)18(22)15-11-14(5-6-17(15)20)12-21-7-9-25-10-8-21/h5-6,11,13H,3-4,7-10,12H2,1-2H3/b16-13+. The minimum atomic E-state index is -0.830. The van der Waals surface area contributed by atoms with Crippen LogP contribution in [0.3, 0.4) is 0 Å². The van der Waals surface area contributed by atoms with Gasteiger partial charge in [-0.3, -0.25) is 9.69 Å². The molecule has 0 amide bonds. The normalized spacial score (nSPS) is 15.6. The molecule has 26 heavy (non-hydrogen) atoms. The summed E-state index contributed by atoms with van der Waals surface area (Å²) in [5, 5.41) is 0. The first-order chi connectivity index (χ1) is 12.6. The monoisotopic (exact) mass is 365 g/mol. The molecule has 2 rings (SSSR count). The first kappa shape index (κ1) is 20.1. The number of halogens is 1. The molecule has 0 unspecified atom stereocenters. The van der Waals surface area contributed by atoms with Crippen molar-refractivity contribution in [2.75, 3.05) is 39.5 Å². The van der Waals surface area contributed by atoms with Gasteiger partial charge >= 0.3 is 5.97 Å². The first-order valence-corrected chi connectivity index (χ1v) is 8.68. The van der Waals surface area contributed by atoms with E-state index in [9.17, 15) is 14.0 Å². The number of nitrogens with zero attached hydrogens (tertiary/aromatic N) is 1. The highest BCUT2D eigenvalue weighted by Crippen LogP contribution is 2.18. The van der Waals surface area contributed by atoms with Crippen molar-refractivity contribution in [1.82, 2.24) is 4.90 Å². The molecule has 1 aliphatic rings. The number of carbonyl (C=O) groups excluding carboxylic acids is 2. The molecular formula is C19H24FNO5. The second-order valence-corrected chi connectivity index (χ2v) is 5.74. The molecular weight excluding hydrogens is 341 g/mol. The van der Waals surface area contributed by atoms with Crippen LogP contribution in [0.5, 0.6) is 0 Å². The van der Waals surface area contributed by atoms with Crippen LogP contribution in [-0.2, 0) is 25.5 Å². The van der Waals surface area contributed by atoms with Crippen molar-refractivity contribution in [1.29, 1.82) is 0 Å². The minimum Gasteiger partial charge on any atom is -0.500 e. The van der Waals surface area contributed by atoms with Gasteiger partial charge in [0.15, 0.2) is 0 Å². The number of ketones is 1. The zero-order chi connectivity index (χ0) is 18.9. The van der Waals surface area contributed by atoms with Gasteiger partial charge in [0.25, 0.3) is 0 Å². The van der Waals surface area contributed by atoms with Crippen LogP contribution in [0.1, 0.15) is 29.8 Å². The van der Waals surface area contributed by atoms with E-state index < -0.39 is 17.6 Å². The summed E-state index contributed by atoms with van der Waals surface area (Å²) < 4.78 is 29.5. The number of hydrogen-bond acceptors (Lipinski definition) is 6. The van der Waals surface area contributed by atoms with Gasteiger partial charge in [0.2, 0.25) is 5.78 Å². The second kappa shape index (κ2) is 10.0. The summed E-state index contributed by atoms with van der Waals surface area (Å²) in [5.41, 5.74) is 0.294. The smallest absolute Gasteiger partial charge is 0.345 e. The van der Waals surface area contributed by atoms with Gasteiger partial charge in [-0.1, -0.05) is 6.07 Å². The highest BCUT2D eigenvalue weighted by atomic mass is 19.1. The van der Waals surface area contributed by atoms with E-state index in [4.69, 9.17) is 14.2 Å². The third kappa shape index (κ3) is 5.37. The largest absolute Gasteiger partial charge is 0.500 e. The molecule has 0 atom stereocenters. The lowest BCUT2D eigenvalue weighted by atomic mass is 10.0. The molecule has 0 saturated carbocycles. The second-order valence-electron chi connectivity index (χ2n) is 5.74. The average molecular weight is 365 g/mol. The van der Waals surface area contributed by atoms with Gasteiger partial charge in [0.1, 0.15) is 17.7 Å². The number of esters is 1. The van der Waals surface area contributed by atoms with Gasteiger partial charge in [-0.2, -0.15) is 0 Å². The Kier molecular flexibility index (Phi) is 7.74. The predicted molar refractivity (Wildman–Crippen MR) is 93.2 cm³/mol. The van der Waals surface area contributed by atoms with E-state index >= 15 is 0 Å². The Hall–Kier alpha value is -2.25. The lowest BCUT2D eigenvalue weighted by Crippen LogP contribution is -2.35. The van der Waals surface area contributed by atoms with Crippen molar-refractivity contribution in [3.05, 3.63) is 47.0 Å². The maximum Gasteiger partial charge on any atom is 0.345 e. The highest BCUT2D eigenvalue weighted by molar-refractivity contribution is 6.24. The zero-order valence-corrected chi connectivity index (χ0v) is 15.1. The van der Waals surface area contributed by atoms with Crippen LogP contribution in [0, 0.1) is 5.82 Å². The van der Waals surface area contributed by atoms with E-state index in [2.05, 4.69) is 4.90 Å². The van der Waals surface area contributed by atoms with Crippen molar-refractivity contribution in [3.63, 3.8) is 0 Å². The van der Waals surface area contributed by atoms with E-state index in [0.29, 0.717) is 19.8 Å². The van der Waals surface area contributed by atoms with Crippen LogP contribution >= 0.6 is 0 Å². The van der Waals surface area contributed by atoms with Crippen LogP contribution in [0.4, 0.5) is 4.39 Å². The lowest BCUT2D eigenvalue weighted by Gasteiger charge is -2.26. The Balaban J connectivity index is 2.24. The highest BCUT2D eigenvalue weighted by Gasteiger charge is 2.25. The SMILES string of the molecule is CCO/C=C(/C(=O)OCC)C(=O)c1cc(CN2CCOCC2)ccc1F. The van der Waals surface area contributed by atoms with E-state index in [0.717, 1.165) is 24.9 Å². The van der Waals surface area contributed by atoms with Crippen molar-refractivity contribution in [2.45, 2.75) is 20.4 Å². The summed E-state index contributed by atoms with van der Waals surface area (Å²) in [6.07, 6.45) is 1.04. The molecule has 1 fully saturated rings. The third-order valence-corrected chi connectivity index (χ3v) is 3.89. The molecule has 6 nitrogen and oxygen atoms in total. The fraction of sp³-hybridized carbons (Fsp3) is 0.474. The van der Waals surface area contributed by atoms with E-state index in [1.807, 2.05) is 0 Å². The van der Waals surface area contributed by atoms with Gasteiger partial charge < -0.3 is 14.2 Å². The molecule has 0 N–H and O–H groups in total. The molecule has 0 spiro atoms. The van der Waals surface area contributed by atoms with Crippen LogP contribution in [-0.4, -0.2) is 56.2 Å². The molecule has 1 heterocycles. The summed E-state index contributed by atoms with van der Waals surface area (Å²) in [7, 11) is 0. The van der Waals surface area contributed by atoms with Gasteiger partial charge in [-0.15, -0.1) is 0 Å². The number of benzene rings is 1. The Morgan fingerprint density at radius 1 is 1.23 bits per heavy atom. The summed E-state index contributed by atoms with van der Waals surface area (Å²) in [6, 6.07) is 4.36. The van der Waals surface area contributed by atoms with E-state index in [1.54, 1.807) is 19.9 Å². The molecule has 142 valence electrons. The predicted octanol–water partition coefficient (Wildman–Crippen LogP) is 2.32. The van der Waals surface area contributed by atoms with Crippen LogP contribution in [0.15, 0.2) is 30.0 Å². The van der Waals surface area contributed by atoms with Crippen LogP contribution in [0.25, 0.3) is 0 Å². The molecule has 0 bridgehead atoms. The van der Waals surface area contributed by atoms with Gasteiger partial charge in [0.05, 0.1) is 32.0 Å². The number of carbonyl (C=O) groups is 2. The minimum absolute atomic E-state index is 0.106. The Morgan fingerprint density at radius 2 is 1.96 bits per heavy atom. The van der Waals surface area contributed by atoms with Crippen molar-refractivity contribution in [2.24, 2.45) is 0 Å². The van der Waals surface area contributed by atoms with Crippen LogP contribution in [0.2, 0.25) is 0 Å². The Labute approximate surface area is 152 Å². The van der Waals surface area contributed by atoms with Gasteiger partial charge in [-0.25, -0.2) is 9.18 Å². The van der Waals surface area contributed by atoms with E-state index in [1.165, 1.54) is 12.1 Å². The Morgan fingerprint density at radius 3 is 2.62 bits per heavy atom. The number of Topliss-reactive ketones (excluding diaryl/α,β-unsaturated/α-hetero) is 1. The molecule has 0 radical (unpaired) electrons. The number of ether oxygens (including phenoxy) is 3. The van der Waals surface area contributed by atoms with E-state index in [-0.39, 0.29) is 24.4 Å². The fourth-order valence-corrected chi connectivity index (χ4v) is 2.58. The summed E-state index contributed by atoms with van der Waals surface area (Å²) in [6.45, 7) is 7.16. The maximum atomic E-state index is 14.3. The molecule has 0 aliphatic carbocycles. The number of rotatable bonds is 8. The lowest BCUT2D eigenvalue weighted by molar-refractivity contribution is -0.138. The molecule has 7 heteroatoms. The van der Waals surface area contributed by atoms with Gasteiger partial charge in [-0.05, 0) is 31.5 Å². The first-order valence-electron chi connectivity index (χ1n) is 8.68. The molecule has 1 aliphatic heterocycles. The molecule has 1 saturated heterocycles. The zero-order valence-electron chi connectivity index (χ0n) is 15.1. The molecule has 1 aromatic carbocycles. The Bertz CT molecular complexity index is 668. The summed E-state index contributed by atoms with van der Waals surface area (Å²) >= 11 is 0. The summed E-state index contributed by atoms with van der Waals surface area (Å²) in [4.78, 5) is 26.9. The average Bonchev–Trinajstić information content (AvgIpc) is 2.64. The number of morpholine rings is 1. The maximum absolute atomic E-state index is 14.3. The fourth-order valence-electron chi connectivity index (χ4n) is 2.58. The van der Waals surface area contributed by atoms with Gasteiger partial charge in [0, 0.05) is 19.6 Å². The van der Waals surface area contributed by atoms with Crippen molar-refractivity contribution < 1.29 is 28.2 Å².